The molecule has 2 N–H and O–H groups in total. The van der Waals surface area contributed by atoms with Crippen LogP contribution in [0.15, 0.2) is 12.2 Å². The average molecular weight is 209 g/mol. The lowest BCUT2D eigenvalue weighted by molar-refractivity contribution is 0.202. The fourth-order valence-corrected chi connectivity index (χ4v) is 2.81. The SMILES string of the molecule is C=C(C)CC(N)C1CCC(C(C)C)CC1. The molecule has 1 unspecified atom stereocenters. The van der Waals surface area contributed by atoms with Gasteiger partial charge in [-0.1, -0.05) is 19.4 Å². The van der Waals surface area contributed by atoms with E-state index in [1.807, 2.05) is 0 Å². The van der Waals surface area contributed by atoms with Crippen molar-refractivity contribution in [1.29, 1.82) is 0 Å². The van der Waals surface area contributed by atoms with Crippen molar-refractivity contribution in [3.63, 3.8) is 0 Å². The molecule has 0 radical (unpaired) electrons. The first-order valence-corrected chi connectivity index (χ1v) is 6.40. The molecule has 0 heterocycles. The molecule has 0 spiro atoms. The third-order valence-corrected chi connectivity index (χ3v) is 3.95. The van der Waals surface area contributed by atoms with E-state index < -0.39 is 0 Å². The summed E-state index contributed by atoms with van der Waals surface area (Å²) in [5, 5.41) is 0. The zero-order chi connectivity index (χ0) is 11.4. The normalized spacial score (nSPS) is 29.1. The molecule has 1 saturated carbocycles. The molecule has 1 rings (SSSR count). The van der Waals surface area contributed by atoms with Gasteiger partial charge < -0.3 is 5.73 Å². The second kappa shape index (κ2) is 5.69. The molecule has 0 aromatic rings. The van der Waals surface area contributed by atoms with Crippen LogP contribution in [0.3, 0.4) is 0 Å². The lowest BCUT2D eigenvalue weighted by atomic mass is 9.74. The molecule has 1 heteroatoms. The first-order valence-electron chi connectivity index (χ1n) is 6.40. The zero-order valence-corrected chi connectivity index (χ0v) is 10.6. The molecule has 15 heavy (non-hydrogen) atoms. The van der Waals surface area contributed by atoms with Crippen LogP contribution in [0.25, 0.3) is 0 Å². The summed E-state index contributed by atoms with van der Waals surface area (Å²) in [5.74, 6) is 2.54. The van der Waals surface area contributed by atoms with Crippen LogP contribution in [-0.4, -0.2) is 6.04 Å². The molecular formula is C14H27N. The van der Waals surface area contributed by atoms with Crippen LogP contribution in [0.5, 0.6) is 0 Å². The minimum atomic E-state index is 0.357. The molecule has 0 aliphatic heterocycles. The fraction of sp³-hybridized carbons (Fsp3) is 0.857. The maximum absolute atomic E-state index is 6.21. The summed E-state index contributed by atoms with van der Waals surface area (Å²) in [5.41, 5.74) is 7.44. The quantitative estimate of drug-likeness (QED) is 0.701. The summed E-state index contributed by atoms with van der Waals surface area (Å²) in [6.07, 6.45) is 6.43. The Bertz CT molecular complexity index is 199. The van der Waals surface area contributed by atoms with E-state index in [0.29, 0.717) is 6.04 Å². The molecule has 0 saturated heterocycles. The number of hydrogen-bond donors (Lipinski definition) is 1. The van der Waals surface area contributed by atoms with Crippen LogP contribution >= 0.6 is 0 Å². The highest BCUT2D eigenvalue weighted by atomic mass is 14.6. The van der Waals surface area contributed by atoms with Gasteiger partial charge in [-0.3, -0.25) is 0 Å². The smallest absolute Gasteiger partial charge is 0.0104 e. The summed E-state index contributed by atoms with van der Waals surface area (Å²) in [6, 6.07) is 0.357. The molecule has 0 amide bonds. The highest BCUT2D eigenvalue weighted by molar-refractivity contribution is 4.94. The molecule has 0 aromatic carbocycles. The zero-order valence-electron chi connectivity index (χ0n) is 10.6. The van der Waals surface area contributed by atoms with E-state index in [9.17, 15) is 0 Å². The van der Waals surface area contributed by atoms with E-state index in [0.717, 1.165) is 24.2 Å². The van der Waals surface area contributed by atoms with Gasteiger partial charge in [0.1, 0.15) is 0 Å². The Hall–Kier alpha value is -0.300. The van der Waals surface area contributed by atoms with Crippen LogP contribution in [-0.2, 0) is 0 Å². The Labute approximate surface area is 95.1 Å². The van der Waals surface area contributed by atoms with Gasteiger partial charge in [-0.15, -0.1) is 6.58 Å². The van der Waals surface area contributed by atoms with Crippen molar-refractivity contribution in [2.45, 2.75) is 58.9 Å². The van der Waals surface area contributed by atoms with Crippen LogP contribution in [0.4, 0.5) is 0 Å². The summed E-state index contributed by atoms with van der Waals surface area (Å²) >= 11 is 0. The van der Waals surface area contributed by atoms with Crippen molar-refractivity contribution < 1.29 is 0 Å². The van der Waals surface area contributed by atoms with Gasteiger partial charge in [0.15, 0.2) is 0 Å². The first-order chi connectivity index (χ1) is 7.00. The van der Waals surface area contributed by atoms with Gasteiger partial charge in [0.25, 0.3) is 0 Å². The Kier molecular flexibility index (Phi) is 4.85. The van der Waals surface area contributed by atoms with Gasteiger partial charge in [-0.2, -0.15) is 0 Å². The van der Waals surface area contributed by atoms with Crippen LogP contribution in [0, 0.1) is 17.8 Å². The van der Waals surface area contributed by atoms with E-state index in [1.54, 1.807) is 0 Å². The Morgan fingerprint density at radius 2 is 1.67 bits per heavy atom. The van der Waals surface area contributed by atoms with Crippen LogP contribution < -0.4 is 5.73 Å². The number of nitrogens with two attached hydrogens (primary N) is 1. The summed E-state index contributed by atoms with van der Waals surface area (Å²) in [7, 11) is 0. The largest absolute Gasteiger partial charge is 0.327 e. The van der Waals surface area contributed by atoms with Crippen molar-refractivity contribution in [2.24, 2.45) is 23.5 Å². The van der Waals surface area contributed by atoms with E-state index in [4.69, 9.17) is 5.73 Å². The highest BCUT2D eigenvalue weighted by Crippen LogP contribution is 2.35. The topological polar surface area (TPSA) is 26.0 Å². The van der Waals surface area contributed by atoms with E-state index in [-0.39, 0.29) is 0 Å². The predicted octanol–water partition coefficient (Wildman–Crippen LogP) is 3.74. The van der Waals surface area contributed by atoms with Crippen LogP contribution in [0.1, 0.15) is 52.9 Å². The minimum Gasteiger partial charge on any atom is -0.327 e. The fourth-order valence-electron chi connectivity index (χ4n) is 2.81. The Morgan fingerprint density at radius 1 is 1.20 bits per heavy atom. The third-order valence-electron chi connectivity index (χ3n) is 3.95. The third kappa shape index (κ3) is 3.98. The van der Waals surface area contributed by atoms with Gasteiger partial charge in [0.05, 0.1) is 0 Å². The van der Waals surface area contributed by atoms with Crippen LogP contribution in [0.2, 0.25) is 0 Å². The standard InChI is InChI=1S/C14H27N/c1-10(2)9-14(15)13-7-5-12(6-8-13)11(3)4/h11-14H,1,5-9,15H2,2-4H3. The molecule has 1 atom stereocenters. The summed E-state index contributed by atoms with van der Waals surface area (Å²) in [4.78, 5) is 0. The molecular weight excluding hydrogens is 182 g/mol. The Balaban J connectivity index is 2.33. The second-order valence-electron chi connectivity index (χ2n) is 5.74. The second-order valence-corrected chi connectivity index (χ2v) is 5.74. The van der Waals surface area contributed by atoms with Gasteiger partial charge >= 0.3 is 0 Å². The van der Waals surface area contributed by atoms with E-state index in [1.165, 1.54) is 31.3 Å². The lowest BCUT2D eigenvalue weighted by Gasteiger charge is -2.34. The molecule has 88 valence electrons. The minimum absolute atomic E-state index is 0.357. The molecule has 0 aromatic heterocycles. The van der Waals surface area contributed by atoms with Gasteiger partial charge in [-0.05, 0) is 56.8 Å². The monoisotopic (exact) mass is 209 g/mol. The van der Waals surface area contributed by atoms with E-state index >= 15 is 0 Å². The van der Waals surface area contributed by atoms with Gasteiger partial charge in [0, 0.05) is 6.04 Å². The Morgan fingerprint density at radius 3 is 2.07 bits per heavy atom. The number of hydrogen-bond acceptors (Lipinski definition) is 1. The molecule has 1 aliphatic rings. The average Bonchev–Trinajstić information content (AvgIpc) is 2.17. The van der Waals surface area contributed by atoms with Crippen molar-refractivity contribution >= 4 is 0 Å². The maximum atomic E-state index is 6.21. The predicted molar refractivity (Wildman–Crippen MR) is 67.7 cm³/mol. The van der Waals surface area contributed by atoms with E-state index in [2.05, 4.69) is 27.4 Å². The van der Waals surface area contributed by atoms with Crippen molar-refractivity contribution in [1.82, 2.24) is 0 Å². The molecule has 1 nitrogen and oxygen atoms in total. The maximum Gasteiger partial charge on any atom is 0.0104 e. The van der Waals surface area contributed by atoms with Crippen molar-refractivity contribution in [3.05, 3.63) is 12.2 Å². The summed E-state index contributed by atoms with van der Waals surface area (Å²) in [6.45, 7) is 10.7. The van der Waals surface area contributed by atoms with Gasteiger partial charge in [0.2, 0.25) is 0 Å². The highest BCUT2D eigenvalue weighted by Gasteiger charge is 2.26. The summed E-state index contributed by atoms with van der Waals surface area (Å²) < 4.78 is 0. The lowest BCUT2D eigenvalue weighted by Crippen LogP contribution is -2.33. The molecule has 0 bridgehead atoms. The number of rotatable bonds is 4. The first kappa shape index (κ1) is 12.8. The van der Waals surface area contributed by atoms with Crippen molar-refractivity contribution in [3.8, 4) is 0 Å². The van der Waals surface area contributed by atoms with Gasteiger partial charge in [-0.25, -0.2) is 0 Å². The molecule has 1 aliphatic carbocycles. The molecule has 1 fully saturated rings. The van der Waals surface area contributed by atoms with Crippen molar-refractivity contribution in [2.75, 3.05) is 0 Å².